The summed E-state index contributed by atoms with van der Waals surface area (Å²) in [6.07, 6.45) is 7.08. The van der Waals surface area contributed by atoms with Crippen LogP contribution in [0, 0.1) is 11.3 Å². The molecule has 2 fully saturated rings. The highest BCUT2D eigenvalue weighted by Gasteiger charge is 2.32. The standard InChI is InChI=1S/C15H22N2O2/c1-15(2)7-5-11(6-8-15)14-16-13(19-17-14)9-12(18)10-3-4-10/h10-11H,3-9H2,1-2H3. The third-order valence-electron chi connectivity index (χ3n) is 4.55. The summed E-state index contributed by atoms with van der Waals surface area (Å²) in [5.74, 6) is 2.28. The van der Waals surface area contributed by atoms with Crippen LogP contribution in [0.25, 0.3) is 0 Å². The van der Waals surface area contributed by atoms with E-state index in [1.54, 1.807) is 0 Å². The summed E-state index contributed by atoms with van der Waals surface area (Å²) in [6, 6.07) is 0. The second-order valence-electron chi connectivity index (χ2n) is 6.90. The van der Waals surface area contributed by atoms with Crippen molar-refractivity contribution in [2.45, 2.75) is 64.7 Å². The number of aromatic nitrogens is 2. The fourth-order valence-corrected chi connectivity index (χ4v) is 2.86. The van der Waals surface area contributed by atoms with Crippen LogP contribution in [-0.4, -0.2) is 15.9 Å². The number of Topliss-reactive ketones (excluding diaryl/α,β-unsaturated/α-hetero) is 1. The monoisotopic (exact) mass is 262 g/mol. The van der Waals surface area contributed by atoms with Crippen LogP contribution in [0.5, 0.6) is 0 Å². The zero-order chi connectivity index (χ0) is 13.5. The van der Waals surface area contributed by atoms with Crippen molar-refractivity contribution in [1.29, 1.82) is 0 Å². The first-order chi connectivity index (χ1) is 9.03. The van der Waals surface area contributed by atoms with E-state index in [0.29, 0.717) is 23.6 Å². The van der Waals surface area contributed by atoms with Gasteiger partial charge in [0.25, 0.3) is 0 Å². The van der Waals surface area contributed by atoms with Gasteiger partial charge in [0.2, 0.25) is 5.89 Å². The van der Waals surface area contributed by atoms with E-state index in [4.69, 9.17) is 4.52 Å². The van der Waals surface area contributed by atoms with Gasteiger partial charge in [-0.05, 0) is 43.9 Å². The van der Waals surface area contributed by atoms with E-state index < -0.39 is 0 Å². The number of nitrogens with zero attached hydrogens (tertiary/aromatic N) is 2. The van der Waals surface area contributed by atoms with Crippen molar-refractivity contribution in [1.82, 2.24) is 10.1 Å². The molecule has 1 heterocycles. The Morgan fingerprint density at radius 3 is 2.58 bits per heavy atom. The molecule has 2 aliphatic carbocycles. The van der Waals surface area contributed by atoms with Crippen LogP contribution in [0.1, 0.15) is 70.0 Å². The second kappa shape index (κ2) is 4.73. The van der Waals surface area contributed by atoms with Gasteiger partial charge in [-0.15, -0.1) is 0 Å². The summed E-state index contributed by atoms with van der Waals surface area (Å²) >= 11 is 0. The van der Waals surface area contributed by atoms with Crippen molar-refractivity contribution in [2.75, 3.05) is 0 Å². The lowest BCUT2D eigenvalue weighted by molar-refractivity contribution is -0.119. The summed E-state index contributed by atoms with van der Waals surface area (Å²) in [7, 11) is 0. The molecule has 1 aromatic heterocycles. The Labute approximate surface area is 114 Å². The molecule has 0 saturated heterocycles. The highest BCUT2D eigenvalue weighted by atomic mass is 16.5. The molecule has 0 bridgehead atoms. The van der Waals surface area contributed by atoms with Crippen molar-refractivity contribution in [3.8, 4) is 0 Å². The highest BCUT2D eigenvalue weighted by molar-refractivity contribution is 5.84. The highest BCUT2D eigenvalue weighted by Crippen LogP contribution is 2.41. The number of ketones is 1. The number of rotatable bonds is 4. The molecule has 104 valence electrons. The predicted octanol–water partition coefficient (Wildman–Crippen LogP) is 3.28. The maximum atomic E-state index is 11.7. The fraction of sp³-hybridized carbons (Fsp3) is 0.800. The summed E-state index contributed by atoms with van der Waals surface area (Å²) in [5, 5.41) is 4.08. The first kappa shape index (κ1) is 12.8. The Morgan fingerprint density at radius 1 is 1.26 bits per heavy atom. The SMILES string of the molecule is CC1(C)CCC(c2noc(CC(=O)C3CC3)n2)CC1. The van der Waals surface area contributed by atoms with Gasteiger partial charge in [-0.1, -0.05) is 19.0 Å². The van der Waals surface area contributed by atoms with E-state index in [2.05, 4.69) is 24.0 Å². The first-order valence-corrected chi connectivity index (χ1v) is 7.39. The Balaban J connectivity index is 1.60. The van der Waals surface area contributed by atoms with E-state index in [9.17, 15) is 4.79 Å². The maximum Gasteiger partial charge on any atom is 0.234 e. The molecule has 0 aliphatic heterocycles. The molecule has 0 spiro atoms. The molecule has 2 aliphatic rings. The van der Waals surface area contributed by atoms with E-state index in [0.717, 1.165) is 31.5 Å². The molecule has 0 radical (unpaired) electrons. The number of carbonyl (C=O) groups is 1. The van der Waals surface area contributed by atoms with Gasteiger partial charge in [0.15, 0.2) is 5.82 Å². The number of hydrogen-bond acceptors (Lipinski definition) is 4. The van der Waals surface area contributed by atoms with Crippen molar-refractivity contribution < 1.29 is 9.32 Å². The van der Waals surface area contributed by atoms with Crippen LogP contribution >= 0.6 is 0 Å². The zero-order valence-corrected chi connectivity index (χ0v) is 11.8. The molecule has 1 aromatic rings. The Morgan fingerprint density at radius 2 is 1.95 bits per heavy atom. The Hall–Kier alpha value is -1.19. The minimum atomic E-state index is 0.264. The molecule has 0 N–H and O–H groups in total. The maximum absolute atomic E-state index is 11.7. The predicted molar refractivity (Wildman–Crippen MR) is 70.7 cm³/mol. The lowest BCUT2D eigenvalue weighted by atomic mass is 9.73. The van der Waals surface area contributed by atoms with Crippen LogP contribution in [0.2, 0.25) is 0 Å². The van der Waals surface area contributed by atoms with Gasteiger partial charge in [-0.2, -0.15) is 4.98 Å². The molecule has 0 amide bonds. The van der Waals surface area contributed by atoms with E-state index in [1.165, 1.54) is 12.8 Å². The van der Waals surface area contributed by atoms with E-state index in [-0.39, 0.29) is 11.7 Å². The van der Waals surface area contributed by atoms with Crippen molar-refractivity contribution in [3.63, 3.8) is 0 Å². The van der Waals surface area contributed by atoms with Crippen LogP contribution in [0.4, 0.5) is 0 Å². The molecular formula is C15H22N2O2. The molecule has 4 nitrogen and oxygen atoms in total. The van der Waals surface area contributed by atoms with Gasteiger partial charge in [0.05, 0.1) is 6.42 Å². The average Bonchev–Trinajstić information content (AvgIpc) is 3.11. The van der Waals surface area contributed by atoms with E-state index >= 15 is 0 Å². The molecule has 0 atom stereocenters. The van der Waals surface area contributed by atoms with E-state index in [1.807, 2.05) is 0 Å². The molecule has 2 saturated carbocycles. The lowest BCUT2D eigenvalue weighted by Gasteiger charge is -2.32. The topological polar surface area (TPSA) is 56.0 Å². The first-order valence-electron chi connectivity index (χ1n) is 7.39. The third kappa shape index (κ3) is 3.04. The van der Waals surface area contributed by atoms with Gasteiger partial charge < -0.3 is 4.52 Å². The Kier molecular flexibility index (Phi) is 3.19. The van der Waals surface area contributed by atoms with Gasteiger partial charge in [0, 0.05) is 11.8 Å². The number of carbonyl (C=O) groups excluding carboxylic acids is 1. The van der Waals surface area contributed by atoms with Crippen molar-refractivity contribution >= 4 is 5.78 Å². The quantitative estimate of drug-likeness (QED) is 0.835. The normalized spacial score (nSPS) is 23.5. The van der Waals surface area contributed by atoms with Gasteiger partial charge in [-0.25, -0.2) is 0 Å². The smallest absolute Gasteiger partial charge is 0.234 e. The van der Waals surface area contributed by atoms with Crippen molar-refractivity contribution in [2.24, 2.45) is 11.3 Å². The van der Waals surface area contributed by atoms with Crippen LogP contribution in [0.3, 0.4) is 0 Å². The molecule has 0 aromatic carbocycles. The zero-order valence-electron chi connectivity index (χ0n) is 11.8. The van der Waals surface area contributed by atoms with Crippen LogP contribution in [0.15, 0.2) is 4.52 Å². The molecule has 19 heavy (non-hydrogen) atoms. The van der Waals surface area contributed by atoms with Crippen LogP contribution < -0.4 is 0 Å². The lowest BCUT2D eigenvalue weighted by Crippen LogP contribution is -2.20. The minimum absolute atomic E-state index is 0.264. The molecule has 0 unspecified atom stereocenters. The summed E-state index contributed by atoms with van der Waals surface area (Å²) in [6.45, 7) is 4.64. The summed E-state index contributed by atoms with van der Waals surface area (Å²) in [4.78, 5) is 16.2. The van der Waals surface area contributed by atoms with Gasteiger partial charge >= 0.3 is 0 Å². The molecule has 3 rings (SSSR count). The Bertz CT molecular complexity index is 464. The fourth-order valence-electron chi connectivity index (χ4n) is 2.86. The second-order valence-corrected chi connectivity index (χ2v) is 6.90. The summed E-state index contributed by atoms with van der Waals surface area (Å²) in [5.41, 5.74) is 0.449. The molecule has 4 heteroatoms. The number of hydrogen-bond donors (Lipinski definition) is 0. The van der Waals surface area contributed by atoms with Gasteiger partial charge in [0.1, 0.15) is 5.78 Å². The molecular weight excluding hydrogens is 240 g/mol. The third-order valence-corrected chi connectivity index (χ3v) is 4.55. The largest absolute Gasteiger partial charge is 0.339 e. The van der Waals surface area contributed by atoms with Gasteiger partial charge in [-0.3, -0.25) is 4.79 Å². The van der Waals surface area contributed by atoms with Crippen LogP contribution in [-0.2, 0) is 11.2 Å². The van der Waals surface area contributed by atoms with Crippen molar-refractivity contribution in [3.05, 3.63) is 11.7 Å². The minimum Gasteiger partial charge on any atom is -0.339 e. The summed E-state index contributed by atoms with van der Waals surface area (Å²) < 4.78 is 5.24. The average molecular weight is 262 g/mol.